The summed E-state index contributed by atoms with van der Waals surface area (Å²) in [5.74, 6) is -3.59. The Morgan fingerprint density at radius 3 is 1.16 bits per heavy atom. The number of rotatable bonds is 6. The number of ether oxygens (including phenoxy) is 1. The van der Waals surface area contributed by atoms with E-state index in [1.165, 1.54) is 27.9 Å². The van der Waals surface area contributed by atoms with Gasteiger partial charge in [0.15, 0.2) is 0 Å². The van der Waals surface area contributed by atoms with Crippen LogP contribution in [0.5, 0.6) is 0 Å². The molecule has 0 saturated carbocycles. The first-order valence-corrected chi connectivity index (χ1v) is 7.53. The lowest BCUT2D eigenvalue weighted by Crippen LogP contribution is -2.39. The Morgan fingerprint density at radius 2 is 1.12 bits per heavy atom. The molecule has 0 rings (SSSR count). The topological polar surface area (TPSA) is 188 Å². The number of aliphatic hydroxyl groups is 3. The Hall–Kier alpha value is -1.75. The first kappa shape index (κ1) is 28.1. The van der Waals surface area contributed by atoms with Crippen molar-refractivity contribution >= 4 is 17.9 Å². The number of esters is 1. The third kappa shape index (κ3) is 15.5. The van der Waals surface area contributed by atoms with Crippen molar-refractivity contribution in [1.82, 2.24) is 0 Å². The maximum Gasteiger partial charge on any atom is 0.323 e. The highest BCUT2D eigenvalue weighted by Crippen LogP contribution is 2.02. The number of aliphatic carboxylic acids is 2. The van der Waals surface area contributed by atoms with Gasteiger partial charge in [-0.1, -0.05) is 0 Å². The van der Waals surface area contributed by atoms with Crippen molar-refractivity contribution in [1.29, 1.82) is 0 Å². The highest BCUT2D eigenvalue weighted by atomic mass is 16.5. The van der Waals surface area contributed by atoms with E-state index in [1.54, 1.807) is 13.8 Å². The van der Waals surface area contributed by atoms with Gasteiger partial charge in [-0.2, -0.15) is 0 Å². The summed E-state index contributed by atoms with van der Waals surface area (Å²) in [6.07, 6.45) is -2.36. The summed E-state index contributed by atoms with van der Waals surface area (Å²) in [6.45, 7) is 7.43. The minimum Gasteiger partial charge on any atom is -0.481 e. The molecule has 0 aromatic rings. The average Bonchev–Trinajstić information content (AvgIpc) is 2.52. The third-order valence-corrected chi connectivity index (χ3v) is 3.21. The molecule has 0 aliphatic heterocycles. The molecule has 0 unspecified atom stereocenters. The van der Waals surface area contributed by atoms with Crippen LogP contribution in [-0.4, -0.2) is 74.9 Å². The van der Waals surface area contributed by atoms with Crippen molar-refractivity contribution < 1.29 is 44.7 Å². The second-order valence-electron chi connectivity index (χ2n) is 5.52. The molecule has 0 aromatic carbocycles. The maximum absolute atomic E-state index is 10.6. The lowest BCUT2D eigenvalue weighted by atomic mass is 10.1. The van der Waals surface area contributed by atoms with Crippen molar-refractivity contribution in [3.8, 4) is 0 Å². The van der Waals surface area contributed by atoms with Crippen LogP contribution >= 0.6 is 0 Å². The first-order chi connectivity index (χ1) is 11.2. The molecule has 0 saturated heterocycles. The van der Waals surface area contributed by atoms with E-state index in [1.807, 2.05) is 0 Å². The van der Waals surface area contributed by atoms with Gasteiger partial charge < -0.3 is 36.0 Å². The van der Waals surface area contributed by atoms with E-state index in [0.29, 0.717) is 0 Å². The third-order valence-electron chi connectivity index (χ3n) is 3.21. The van der Waals surface area contributed by atoms with Crippen molar-refractivity contribution in [2.24, 2.45) is 17.6 Å². The number of carbonyl (C=O) groups is 3. The fourth-order valence-corrected chi connectivity index (χ4v) is 0.796. The van der Waals surface area contributed by atoms with Gasteiger partial charge in [0.25, 0.3) is 0 Å². The number of aliphatic hydroxyl groups excluding tert-OH is 3. The van der Waals surface area contributed by atoms with Crippen LogP contribution in [0.25, 0.3) is 0 Å². The molecule has 10 heteroatoms. The van der Waals surface area contributed by atoms with Crippen molar-refractivity contribution in [3.63, 3.8) is 0 Å². The van der Waals surface area contributed by atoms with Gasteiger partial charge >= 0.3 is 17.9 Å². The molecule has 0 aliphatic carbocycles. The van der Waals surface area contributed by atoms with E-state index in [0.717, 1.165) is 0 Å². The van der Waals surface area contributed by atoms with E-state index in [-0.39, 0.29) is 5.97 Å². The lowest BCUT2D eigenvalue weighted by molar-refractivity contribution is -0.148. The molecule has 0 bridgehead atoms. The minimum absolute atomic E-state index is 0.370. The van der Waals surface area contributed by atoms with Gasteiger partial charge in [-0.25, -0.2) is 0 Å². The molecule has 0 radical (unpaired) electrons. The second-order valence-corrected chi connectivity index (χ2v) is 5.52. The predicted octanol–water partition coefficient (Wildman–Crippen LogP) is -0.957. The van der Waals surface area contributed by atoms with Gasteiger partial charge in [-0.3, -0.25) is 14.4 Å². The largest absolute Gasteiger partial charge is 0.481 e. The average molecular weight is 369 g/mol. The predicted molar refractivity (Wildman–Crippen MR) is 88.6 cm³/mol. The Kier molecular flexibility index (Phi) is 16.4. The molecule has 0 heterocycles. The second kappa shape index (κ2) is 14.6. The van der Waals surface area contributed by atoms with E-state index in [4.69, 9.17) is 31.3 Å². The summed E-state index contributed by atoms with van der Waals surface area (Å²) in [5, 5.41) is 42.2. The van der Waals surface area contributed by atoms with Crippen LogP contribution in [0.2, 0.25) is 0 Å². The quantitative estimate of drug-likeness (QED) is 0.318. The van der Waals surface area contributed by atoms with E-state index in [9.17, 15) is 14.4 Å². The lowest BCUT2D eigenvalue weighted by Gasteiger charge is -2.10. The Balaban J connectivity index is -0.000000291. The zero-order chi connectivity index (χ0) is 20.9. The van der Waals surface area contributed by atoms with Crippen LogP contribution in [-0.2, 0) is 19.1 Å². The van der Waals surface area contributed by atoms with Crippen LogP contribution in [0, 0.1) is 11.8 Å². The Labute approximate surface area is 147 Å². The smallest absolute Gasteiger partial charge is 0.323 e. The number of carboxylic acids is 2. The van der Waals surface area contributed by atoms with Gasteiger partial charge in [0.2, 0.25) is 0 Å². The van der Waals surface area contributed by atoms with Gasteiger partial charge in [0.05, 0.1) is 37.3 Å². The molecular weight excluding hydrogens is 338 g/mol. The molecule has 6 atom stereocenters. The first-order valence-electron chi connectivity index (χ1n) is 7.53. The van der Waals surface area contributed by atoms with Gasteiger partial charge in [0, 0.05) is 0 Å². The summed E-state index contributed by atoms with van der Waals surface area (Å²) in [7, 11) is 1.31. The molecule has 10 nitrogen and oxygen atoms in total. The molecule has 7 N–H and O–H groups in total. The SMILES string of the molecule is COC(=O)[C@@H](C)[C@@H](C)O.C[C@@H](O)[C@H](N)C(=O)O.C[C@H](C(=O)O)[C@@H](C)O. The van der Waals surface area contributed by atoms with Crippen molar-refractivity contribution in [3.05, 3.63) is 0 Å². The van der Waals surface area contributed by atoms with Crippen molar-refractivity contribution in [2.45, 2.75) is 59.0 Å². The van der Waals surface area contributed by atoms with Crippen LogP contribution in [0.15, 0.2) is 0 Å². The van der Waals surface area contributed by atoms with Gasteiger partial charge in [0.1, 0.15) is 6.04 Å². The highest BCUT2D eigenvalue weighted by Gasteiger charge is 2.18. The maximum atomic E-state index is 10.6. The summed E-state index contributed by atoms with van der Waals surface area (Å²) in [4.78, 5) is 30.4. The molecule has 0 aromatic heterocycles. The van der Waals surface area contributed by atoms with Gasteiger partial charge in [-0.15, -0.1) is 0 Å². The van der Waals surface area contributed by atoms with Crippen molar-refractivity contribution in [2.75, 3.05) is 7.11 Å². The Bertz CT molecular complexity index is 372. The van der Waals surface area contributed by atoms with Crippen LogP contribution in [0.3, 0.4) is 0 Å². The molecule has 0 amide bonds. The number of nitrogens with two attached hydrogens (primary N) is 1. The van der Waals surface area contributed by atoms with Crippen LogP contribution in [0.1, 0.15) is 34.6 Å². The number of methoxy groups -OCH3 is 1. The molecule has 0 spiro atoms. The van der Waals surface area contributed by atoms with Gasteiger partial charge in [-0.05, 0) is 34.6 Å². The summed E-state index contributed by atoms with van der Waals surface area (Å²) < 4.78 is 4.37. The summed E-state index contributed by atoms with van der Waals surface area (Å²) >= 11 is 0. The number of hydrogen-bond donors (Lipinski definition) is 6. The number of hydrogen-bond acceptors (Lipinski definition) is 8. The Morgan fingerprint density at radius 1 is 0.760 bits per heavy atom. The van der Waals surface area contributed by atoms with E-state index in [2.05, 4.69) is 4.74 Å². The monoisotopic (exact) mass is 369 g/mol. The fraction of sp³-hybridized carbons (Fsp3) is 0.800. The fourth-order valence-electron chi connectivity index (χ4n) is 0.796. The van der Waals surface area contributed by atoms with E-state index < -0.39 is 48.1 Å². The standard InChI is InChI=1S/C6H12O3.C5H10O3.C4H9NO3/c1-4(5(2)7)6(8)9-3;1-3(4(2)6)5(7)8;1-2(6)3(5)4(7)8/h4-5,7H,1-3H3;3-4,6H,1-2H3,(H,7,8);2-3,6H,5H2,1H3,(H,7,8)/t4-,5+;3-,4+;2-,3+/m001/s1. The molecule has 25 heavy (non-hydrogen) atoms. The molecular formula is C15H31NO9. The zero-order valence-electron chi connectivity index (χ0n) is 15.4. The summed E-state index contributed by atoms with van der Waals surface area (Å²) in [6, 6.07) is -1.16. The number of carboxylic acid groups (broad SMARTS) is 2. The minimum atomic E-state index is -1.18. The molecule has 0 fully saturated rings. The molecule has 150 valence electrons. The van der Waals surface area contributed by atoms with E-state index >= 15 is 0 Å². The normalized spacial score (nSPS) is 17.0. The van der Waals surface area contributed by atoms with Crippen LogP contribution in [0.4, 0.5) is 0 Å². The zero-order valence-corrected chi connectivity index (χ0v) is 15.4. The molecule has 0 aliphatic rings. The summed E-state index contributed by atoms with van der Waals surface area (Å²) in [5.41, 5.74) is 4.91. The highest BCUT2D eigenvalue weighted by molar-refractivity contribution is 5.73. The number of carbonyl (C=O) groups excluding carboxylic acids is 1. The van der Waals surface area contributed by atoms with Crippen LogP contribution < -0.4 is 5.73 Å².